The maximum absolute atomic E-state index is 12.8. The molecule has 0 amide bonds. The zero-order chi connectivity index (χ0) is 16.3. The molecule has 0 bridgehead atoms. The molecule has 3 N–H and O–H groups in total. The summed E-state index contributed by atoms with van der Waals surface area (Å²) in [5.41, 5.74) is 5.35. The van der Waals surface area contributed by atoms with E-state index in [1.54, 1.807) is 6.07 Å². The maximum Gasteiger partial charge on any atom is 0.341 e. The van der Waals surface area contributed by atoms with Gasteiger partial charge in [0.2, 0.25) is 9.84 Å². The second-order valence-corrected chi connectivity index (χ2v) is 7.68. The van der Waals surface area contributed by atoms with Gasteiger partial charge in [0.25, 0.3) is 0 Å². The largest absolute Gasteiger partial charge is 0.378 e. The van der Waals surface area contributed by atoms with E-state index in [1.165, 1.54) is 18.2 Å². The monoisotopic (exact) mass is 320 g/mol. The summed E-state index contributed by atoms with van der Waals surface area (Å²) in [6, 6.07) is 5.67. The van der Waals surface area contributed by atoms with Crippen LogP contribution in [-0.2, 0) is 9.84 Å². The summed E-state index contributed by atoms with van der Waals surface area (Å²) in [7, 11) is -4.65. The first-order chi connectivity index (χ1) is 9.62. The van der Waals surface area contributed by atoms with Gasteiger partial charge in [0.1, 0.15) is 0 Å². The average molecular weight is 320 g/mol. The first-order valence-electron chi connectivity index (χ1n) is 6.72. The van der Waals surface area contributed by atoms with Crippen molar-refractivity contribution in [3.05, 3.63) is 24.3 Å². The van der Waals surface area contributed by atoms with Crippen LogP contribution in [0.1, 0.15) is 27.2 Å². The Morgan fingerprint density at radius 3 is 2.33 bits per heavy atom. The van der Waals surface area contributed by atoms with Crippen LogP contribution in [0.25, 0.3) is 0 Å². The topological polar surface area (TPSA) is 72.2 Å². The maximum atomic E-state index is 12.8. The Hall–Kier alpha value is -1.21. The van der Waals surface area contributed by atoms with Crippen LogP contribution in [0.4, 0.5) is 14.5 Å². The Morgan fingerprint density at radius 2 is 1.86 bits per heavy atom. The number of anilines is 1. The summed E-state index contributed by atoms with van der Waals surface area (Å²) in [5.74, 6) is -3.13. The lowest BCUT2D eigenvalue weighted by Gasteiger charge is -2.33. The highest BCUT2D eigenvalue weighted by Crippen LogP contribution is 2.30. The Morgan fingerprint density at radius 1 is 1.29 bits per heavy atom. The fourth-order valence-electron chi connectivity index (χ4n) is 2.33. The lowest BCUT2D eigenvalue weighted by molar-refractivity contribution is 0.235. The van der Waals surface area contributed by atoms with Crippen molar-refractivity contribution in [2.45, 2.75) is 43.4 Å². The number of nitrogens with one attached hydrogen (secondary N) is 1. The van der Waals surface area contributed by atoms with E-state index >= 15 is 0 Å². The van der Waals surface area contributed by atoms with Gasteiger partial charge in [-0.25, -0.2) is 8.42 Å². The molecule has 0 saturated heterocycles. The van der Waals surface area contributed by atoms with Crippen molar-refractivity contribution >= 4 is 15.5 Å². The van der Waals surface area contributed by atoms with E-state index in [0.717, 1.165) is 0 Å². The van der Waals surface area contributed by atoms with Gasteiger partial charge in [-0.3, -0.25) is 0 Å². The van der Waals surface area contributed by atoms with Crippen LogP contribution in [-0.4, -0.2) is 26.3 Å². The van der Waals surface area contributed by atoms with Gasteiger partial charge in [-0.05, 0) is 31.4 Å². The Kier molecular flexibility index (Phi) is 5.69. The summed E-state index contributed by atoms with van der Waals surface area (Å²) >= 11 is 0. The van der Waals surface area contributed by atoms with Gasteiger partial charge >= 0.3 is 5.76 Å². The molecule has 0 aliphatic rings. The van der Waals surface area contributed by atoms with Crippen molar-refractivity contribution in [3.63, 3.8) is 0 Å². The number of sulfone groups is 1. The van der Waals surface area contributed by atoms with Gasteiger partial charge in [0.05, 0.1) is 10.6 Å². The predicted molar refractivity (Wildman–Crippen MR) is 80.2 cm³/mol. The average Bonchev–Trinajstić information content (AvgIpc) is 2.38. The molecule has 1 atom stereocenters. The second-order valence-electron chi connectivity index (χ2n) is 5.79. The molecule has 0 aromatic heterocycles. The molecule has 0 radical (unpaired) electrons. The molecule has 0 aliphatic heterocycles. The van der Waals surface area contributed by atoms with E-state index in [1.807, 2.05) is 20.8 Å². The van der Waals surface area contributed by atoms with E-state index in [2.05, 4.69) is 5.32 Å². The molecule has 7 heteroatoms. The lowest BCUT2D eigenvalue weighted by Crippen LogP contribution is -2.44. The molecule has 1 rings (SSSR count). The van der Waals surface area contributed by atoms with Crippen molar-refractivity contribution < 1.29 is 17.2 Å². The third-order valence-electron chi connectivity index (χ3n) is 3.17. The van der Waals surface area contributed by atoms with Crippen molar-refractivity contribution in [2.75, 3.05) is 11.9 Å². The van der Waals surface area contributed by atoms with Gasteiger partial charge in [0, 0.05) is 12.1 Å². The zero-order valence-electron chi connectivity index (χ0n) is 12.4. The Balaban J connectivity index is 3.21. The summed E-state index contributed by atoms with van der Waals surface area (Å²) in [4.78, 5) is -0.400. The highest BCUT2D eigenvalue weighted by Gasteiger charge is 2.31. The fourth-order valence-corrected chi connectivity index (χ4v) is 3.21. The third-order valence-corrected chi connectivity index (χ3v) is 4.61. The number of nitrogens with two attached hydrogens (primary N) is 1. The van der Waals surface area contributed by atoms with Gasteiger partial charge in [-0.15, -0.1) is 0 Å². The lowest BCUT2D eigenvalue weighted by atomic mass is 9.90. The smallest absolute Gasteiger partial charge is 0.341 e. The van der Waals surface area contributed by atoms with Crippen LogP contribution in [0, 0.1) is 5.92 Å². The number of halogens is 2. The fraction of sp³-hybridized carbons (Fsp3) is 0.571. The third kappa shape index (κ3) is 4.38. The van der Waals surface area contributed by atoms with Crippen LogP contribution >= 0.6 is 0 Å². The molecule has 0 aliphatic carbocycles. The molecular weight excluding hydrogens is 298 g/mol. The summed E-state index contributed by atoms with van der Waals surface area (Å²) in [6.07, 6.45) is 0.687. The van der Waals surface area contributed by atoms with Crippen molar-refractivity contribution in [1.29, 1.82) is 0 Å². The molecule has 1 aromatic rings. The van der Waals surface area contributed by atoms with Crippen LogP contribution < -0.4 is 11.1 Å². The van der Waals surface area contributed by atoms with Gasteiger partial charge < -0.3 is 11.1 Å². The molecular formula is C14H22F2N2O2S. The summed E-state index contributed by atoms with van der Waals surface area (Å²) in [5, 5.41) is 3.03. The number of hydrogen-bond donors (Lipinski definition) is 2. The van der Waals surface area contributed by atoms with E-state index in [4.69, 9.17) is 5.73 Å². The van der Waals surface area contributed by atoms with Crippen LogP contribution in [0.2, 0.25) is 0 Å². The molecule has 0 heterocycles. The minimum absolute atomic E-state index is 0.159. The number of benzene rings is 1. The summed E-state index contributed by atoms with van der Waals surface area (Å²) in [6.45, 7) is 6.13. The van der Waals surface area contributed by atoms with Crippen LogP contribution in [0.15, 0.2) is 29.2 Å². The first kappa shape index (κ1) is 17.8. The van der Waals surface area contributed by atoms with E-state index in [0.29, 0.717) is 12.3 Å². The standard InChI is InChI=1S/C14H22F2N2O2S/c1-10(2)8-14(3,9-17)18-11-6-4-5-7-12(11)21(19,20)13(15)16/h4-7,10,13,18H,8-9,17H2,1-3H3. The van der Waals surface area contributed by atoms with Crippen LogP contribution in [0.3, 0.4) is 0 Å². The van der Waals surface area contributed by atoms with Crippen molar-refractivity contribution in [2.24, 2.45) is 11.7 Å². The molecule has 1 aromatic carbocycles. The first-order valence-corrected chi connectivity index (χ1v) is 8.26. The predicted octanol–water partition coefficient (Wildman–Crippen LogP) is 2.86. The van der Waals surface area contributed by atoms with Gasteiger partial charge in [-0.2, -0.15) is 8.78 Å². The number of para-hydroxylation sites is 1. The van der Waals surface area contributed by atoms with E-state index in [9.17, 15) is 17.2 Å². The molecule has 1 unspecified atom stereocenters. The minimum Gasteiger partial charge on any atom is -0.378 e. The van der Waals surface area contributed by atoms with Crippen LogP contribution in [0.5, 0.6) is 0 Å². The highest BCUT2D eigenvalue weighted by atomic mass is 32.2. The van der Waals surface area contributed by atoms with Crippen molar-refractivity contribution in [3.8, 4) is 0 Å². The van der Waals surface area contributed by atoms with Gasteiger partial charge in [0.15, 0.2) is 0 Å². The van der Waals surface area contributed by atoms with Crippen molar-refractivity contribution in [1.82, 2.24) is 0 Å². The minimum atomic E-state index is -4.65. The van der Waals surface area contributed by atoms with E-state index < -0.39 is 26.0 Å². The number of alkyl halides is 2. The van der Waals surface area contributed by atoms with E-state index in [-0.39, 0.29) is 12.2 Å². The van der Waals surface area contributed by atoms with Gasteiger partial charge in [-0.1, -0.05) is 26.0 Å². The Bertz CT molecular complexity index is 576. The summed E-state index contributed by atoms with van der Waals surface area (Å²) < 4.78 is 49.0. The highest BCUT2D eigenvalue weighted by molar-refractivity contribution is 7.91. The molecule has 0 spiro atoms. The Labute approximate surface area is 124 Å². The number of rotatable bonds is 7. The molecule has 0 fully saturated rings. The molecule has 0 saturated carbocycles. The molecule has 21 heavy (non-hydrogen) atoms. The number of hydrogen-bond acceptors (Lipinski definition) is 4. The molecule has 120 valence electrons. The second kappa shape index (κ2) is 6.70. The quantitative estimate of drug-likeness (QED) is 0.810. The normalized spacial score (nSPS) is 15.2. The SMILES string of the molecule is CC(C)CC(C)(CN)Nc1ccccc1S(=O)(=O)C(F)F. The molecule has 4 nitrogen and oxygen atoms in total. The zero-order valence-corrected chi connectivity index (χ0v) is 13.3.